The third-order valence-electron chi connectivity index (χ3n) is 8.18. The summed E-state index contributed by atoms with van der Waals surface area (Å²) in [4.78, 5) is 101. The molecular weight excluding hydrogens is 630 g/mol. The number of nitrogens with one attached hydrogen (secondary N) is 4. The number of benzene rings is 1. The minimum absolute atomic E-state index is 0.0777. The fourth-order valence-corrected chi connectivity index (χ4v) is 5.49. The number of carboxylic acid groups (broad SMARTS) is 2. The third kappa shape index (κ3) is 9.86. The number of likely N-dealkylation sites (tertiary alicyclic amines) is 1. The normalized spacial score (nSPS) is 16.7. The highest BCUT2D eigenvalue weighted by molar-refractivity contribution is 6.01. The van der Waals surface area contributed by atoms with Gasteiger partial charge in [-0.15, -0.1) is 0 Å². The first-order chi connectivity index (χ1) is 22.6. The largest absolute Gasteiger partial charge is 0.481 e. The van der Waals surface area contributed by atoms with Gasteiger partial charge in [-0.05, 0) is 49.8 Å². The van der Waals surface area contributed by atoms with Gasteiger partial charge in [0.05, 0.1) is 6.42 Å². The van der Waals surface area contributed by atoms with E-state index in [1.807, 2.05) is 6.92 Å². The van der Waals surface area contributed by atoms with Crippen LogP contribution in [0.2, 0.25) is 0 Å². The molecule has 260 valence electrons. The number of carbonyl (C=O) groups is 7. The minimum Gasteiger partial charge on any atom is -0.481 e. The first-order valence-electron chi connectivity index (χ1n) is 15.6. The van der Waals surface area contributed by atoms with Crippen molar-refractivity contribution in [2.24, 2.45) is 5.92 Å². The molecule has 1 saturated heterocycles. The molecule has 0 unspecified atom stereocenters. The van der Waals surface area contributed by atoms with Crippen LogP contribution in [0.25, 0.3) is 11.0 Å². The fourth-order valence-electron chi connectivity index (χ4n) is 5.49. The molecule has 0 aliphatic carbocycles. The highest BCUT2D eigenvalue weighted by Gasteiger charge is 2.40. The topological polar surface area (TPSA) is 242 Å². The third-order valence-corrected chi connectivity index (χ3v) is 8.18. The lowest BCUT2D eigenvalue weighted by atomic mass is 9.97. The lowest BCUT2D eigenvalue weighted by Crippen LogP contribution is -2.58. The van der Waals surface area contributed by atoms with E-state index in [1.54, 1.807) is 19.9 Å². The maximum Gasteiger partial charge on any atom is 0.336 e. The lowest BCUT2D eigenvalue weighted by Gasteiger charge is -2.31. The van der Waals surface area contributed by atoms with Crippen LogP contribution in [0.5, 0.6) is 0 Å². The molecule has 48 heavy (non-hydrogen) atoms. The predicted octanol–water partition coefficient (Wildman–Crippen LogP) is 0.891. The van der Waals surface area contributed by atoms with Crippen molar-refractivity contribution in [3.63, 3.8) is 0 Å². The van der Waals surface area contributed by atoms with Crippen LogP contribution in [-0.2, 0) is 33.6 Å². The summed E-state index contributed by atoms with van der Waals surface area (Å²) in [6, 6.07) is 0.772. The number of hydrogen-bond acceptors (Lipinski definition) is 9. The number of anilines is 1. The number of amides is 5. The zero-order valence-electron chi connectivity index (χ0n) is 27.2. The smallest absolute Gasteiger partial charge is 0.336 e. The second-order valence-corrected chi connectivity index (χ2v) is 11.9. The first kappa shape index (κ1) is 37.2. The Hall–Kier alpha value is -5.28. The van der Waals surface area contributed by atoms with Crippen LogP contribution in [0, 0.1) is 12.8 Å². The molecule has 0 spiro atoms. The molecule has 1 aromatic heterocycles. The molecule has 6 N–H and O–H groups in total. The van der Waals surface area contributed by atoms with Crippen LogP contribution in [0.4, 0.5) is 5.69 Å². The summed E-state index contributed by atoms with van der Waals surface area (Å²) in [5.41, 5.74) is 0.422. The van der Waals surface area contributed by atoms with E-state index in [1.165, 1.54) is 30.0 Å². The summed E-state index contributed by atoms with van der Waals surface area (Å²) in [6.45, 7) is 6.58. The predicted molar refractivity (Wildman–Crippen MR) is 171 cm³/mol. The van der Waals surface area contributed by atoms with Crippen molar-refractivity contribution in [1.82, 2.24) is 20.9 Å². The van der Waals surface area contributed by atoms with Gasteiger partial charge < -0.3 is 40.8 Å². The summed E-state index contributed by atoms with van der Waals surface area (Å²) in [7, 11) is 0. The van der Waals surface area contributed by atoms with Crippen molar-refractivity contribution in [2.45, 2.75) is 90.4 Å². The molecule has 1 aromatic carbocycles. The standard InChI is InChI=1S/C32H41N5O11/c1-5-16(2)28(33-18(4)38)31(46)35-21(10-11-25(39)40)32(47)37-12-6-7-23(37)30(45)36-22(15-26(41)42)29(44)34-19-8-9-20-17(3)13-27(43)48-24(20)14-19/h8-9,13-14,16,21-23,28H,5-7,10-12,15H2,1-4H3,(H,33,38)(H,34,44)(H,35,46)(H,36,45)(H,39,40)(H,41,42)/t16-,21+,22-,23+,28-/m0/s1. The number of hydrogen-bond donors (Lipinski definition) is 6. The van der Waals surface area contributed by atoms with E-state index in [0.717, 1.165) is 0 Å². The Kier molecular flexibility index (Phi) is 12.8. The Balaban J connectivity index is 1.79. The fraction of sp³-hybridized carbons (Fsp3) is 0.500. The van der Waals surface area contributed by atoms with Gasteiger partial charge in [-0.3, -0.25) is 33.6 Å². The van der Waals surface area contributed by atoms with Crippen molar-refractivity contribution in [1.29, 1.82) is 0 Å². The number of carboxylic acids is 2. The highest BCUT2D eigenvalue weighted by Crippen LogP contribution is 2.23. The second-order valence-electron chi connectivity index (χ2n) is 11.9. The van der Waals surface area contributed by atoms with Crippen molar-refractivity contribution < 1.29 is 48.2 Å². The maximum absolute atomic E-state index is 13.7. The Labute approximate surface area is 275 Å². The number of aryl methyl sites for hydroxylation is 1. The highest BCUT2D eigenvalue weighted by atomic mass is 16.4. The first-order valence-corrected chi connectivity index (χ1v) is 15.6. The van der Waals surface area contributed by atoms with Gasteiger partial charge in [-0.1, -0.05) is 20.3 Å². The molecule has 0 bridgehead atoms. The Morgan fingerprint density at radius 3 is 2.31 bits per heavy atom. The van der Waals surface area contributed by atoms with Crippen LogP contribution in [0.15, 0.2) is 33.5 Å². The van der Waals surface area contributed by atoms with Gasteiger partial charge in [0.1, 0.15) is 29.8 Å². The number of fused-ring (bicyclic) bond motifs is 1. The van der Waals surface area contributed by atoms with E-state index in [4.69, 9.17) is 4.42 Å². The minimum atomic E-state index is -1.57. The van der Waals surface area contributed by atoms with Gasteiger partial charge >= 0.3 is 17.6 Å². The van der Waals surface area contributed by atoms with Gasteiger partial charge in [0.2, 0.25) is 29.5 Å². The Morgan fingerprint density at radius 2 is 1.69 bits per heavy atom. The molecular formula is C32H41N5O11. The summed E-state index contributed by atoms with van der Waals surface area (Å²) in [6.07, 6.45) is -0.535. The number of aliphatic carboxylic acids is 2. The van der Waals surface area contributed by atoms with Crippen LogP contribution >= 0.6 is 0 Å². The van der Waals surface area contributed by atoms with E-state index in [2.05, 4.69) is 21.3 Å². The SMILES string of the molecule is CC[C@H](C)[C@H](NC(C)=O)C(=O)N[C@H](CCC(=O)O)C(=O)N1CCC[C@@H]1C(=O)N[C@@H](CC(=O)O)C(=O)Nc1ccc2c(C)cc(=O)oc2c1. The van der Waals surface area contributed by atoms with Crippen LogP contribution in [0.3, 0.4) is 0 Å². The molecule has 3 rings (SSSR count). The molecule has 2 heterocycles. The van der Waals surface area contributed by atoms with E-state index in [0.29, 0.717) is 23.8 Å². The summed E-state index contributed by atoms with van der Waals surface area (Å²) >= 11 is 0. The summed E-state index contributed by atoms with van der Waals surface area (Å²) in [5.74, 6) is -6.51. The van der Waals surface area contributed by atoms with Crippen molar-refractivity contribution in [2.75, 3.05) is 11.9 Å². The second kappa shape index (κ2) is 16.5. The average molecular weight is 672 g/mol. The molecule has 1 aliphatic rings. The number of nitrogens with zero attached hydrogens (tertiary/aromatic N) is 1. The van der Waals surface area contributed by atoms with E-state index in [9.17, 15) is 48.6 Å². The molecule has 16 heteroatoms. The molecule has 0 saturated carbocycles. The van der Waals surface area contributed by atoms with Crippen molar-refractivity contribution >= 4 is 58.1 Å². The van der Waals surface area contributed by atoms with Crippen LogP contribution in [0.1, 0.15) is 64.9 Å². The quantitative estimate of drug-likeness (QED) is 0.145. The number of rotatable bonds is 15. The van der Waals surface area contributed by atoms with Crippen molar-refractivity contribution in [3.05, 3.63) is 40.2 Å². The van der Waals surface area contributed by atoms with Gasteiger partial charge in [-0.2, -0.15) is 0 Å². The van der Waals surface area contributed by atoms with Crippen LogP contribution in [-0.4, -0.2) is 87.3 Å². The van der Waals surface area contributed by atoms with Gasteiger partial charge in [0.15, 0.2) is 0 Å². The average Bonchev–Trinajstić information content (AvgIpc) is 3.50. The van der Waals surface area contributed by atoms with E-state index >= 15 is 0 Å². The number of carbonyl (C=O) groups excluding carboxylic acids is 5. The van der Waals surface area contributed by atoms with Gasteiger partial charge in [0.25, 0.3) is 0 Å². The van der Waals surface area contributed by atoms with Crippen molar-refractivity contribution in [3.8, 4) is 0 Å². The lowest BCUT2D eigenvalue weighted by molar-refractivity contribution is -0.144. The molecule has 1 aliphatic heterocycles. The zero-order chi connectivity index (χ0) is 35.7. The summed E-state index contributed by atoms with van der Waals surface area (Å²) < 4.78 is 5.19. The van der Waals surface area contributed by atoms with Crippen LogP contribution < -0.4 is 26.9 Å². The van der Waals surface area contributed by atoms with E-state index in [-0.39, 0.29) is 36.6 Å². The van der Waals surface area contributed by atoms with Gasteiger partial charge in [-0.25, -0.2) is 4.79 Å². The van der Waals surface area contributed by atoms with E-state index < -0.39 is 84.1 Å². The molecule has 1 fully saturated rings. The Morgan fingerprint density at radius 1 is 0.979 bits per heavy atom. The molecule has 16 nitrogen and oxygen atoms in total. The molecule has 5 atom stereocenters. The molecule has 5 amide bonds. The monoisotopic (exact) mass is 671 g/mol. The summed E-state index contributed by atoms with van der Waals surface area (Å²) in [5, 5.41) is 29.4. The maximum atomic E-state index is 13.7. The van der Waals surface area contributed by atoms with Gasteiger partial charge in [0, 0.05) is 43.1 Å². The Bertz CT molecular complexity index is 1640. The molecule has 2 aromatic rings. The molecule has 0 radical (unpaired) electrons. The zero-order valence-corrected chi connectivity index (χ0v) is 27.2.